The molecule has 17 rings (SSSR count). The third-order valence-corrected chi connectivity index (χ3v) is 31.0. The fourth-order valence-electron chi connectivity index (χ4n) is 16.8. The Bertz CT molecular complexity index is 4780. The lowest BCUT2D eigenvalue weighted by Crippen LogP contribution is -2.74. The molecule has 0 aliphatic heterocycles. The Labute approximate surface area is 554 Å². The van der Waals surface area contributed by atoms with Crippen LogP contribution in [0.4, 0.5) is 0 Å². The summed E-state index contributed by atoms with van der Waals surface area (Å²) >= 11 is 0. The Morgan fingerprint density at radius 2 is 0.372 bits per heavy atom. The van der Waals surface area contributed by atoms with E-state index in [0.717, 1.165) is 0 Å². The van der Waals surface area contributed by atoms with E-state index in [1.165, 1.54) is 152 Å². The first-order valence-corrected chi connectivity index (χ1v) is 37.2. The molecule has 0 unspecified atom stereocenters. The molecular weight excluding hydrogens is 1160 g/mol. The van der Waals surface area contributed by atoms with E-state index in [1.807, 2.05) is 0 Å². The van der Waals surface area contributed by atoms with Gasteiger partial charge in [0, 0.05) is 10.8 Å². The van der Waals surface area contributed by atoms with E-state index in [2.05, 4.69) is 380 Å². The topological polar surface area (TPSA) is 0 Å². The second-order valence-electron chi connectivity index (χ2n) is 27.0. The van der Waals surface area contributed by atoms with Gasteiger partial charge in [-0.05, 0) is 176 Å². The summed E-state index contributed by atoms with van der Waals surface area (Å²) in [4.78, 5) is 0. The number of rotatable bonds is 12. The van der Waals surface area contributed by atoms with Crippen LogP contribution in [0.3, 0.4) is 0 Å². The van der Waals surface area contributed by atoms with Crippen LogP contribution in [0.5, 0.6) is 0 Å². The standard InChI is InChI=1S/C92H70Si2/c1-91(2)85-59-65(63-43-51-75(52-44-63)93(69-27-11-5-12-28-69,70-29-13-6-14-30-70)71-31-15-7-16-32-71)47-55-77(85)79-57-49-67(61-87(79)91)89-81-39-23-25-41-83(81)90(84-42-26-24-40-82(84)89)68-50-58-80-78-56-48-66(60-86(78)92(3,4)88(80)62-68)64-45-53-76(54-46-64)94(72-33-17-8-18-34-72,73-35-19-9-20-36-73)74-37-21-10-22-38-74/h5-62H,1-4H3. The molecule has 0 bridgehead atoms. The van der Waals surface area contributed by atoms with Gasteiger partial charge in [-0.1, -0.05) is 355 Å². The van der Waals surface area contributed by atoms with Crippen LogP contribution in [0.25, 0.3) is 88.3 Å². The molecule has 2 aliphatic carbocycles. The summed E-state index contributed by atoms with van der Waals surface area (Å²) in [6, 6.07) is 134. The van der Waals surface area contributed by atoms with E-state index in [4.69, 9.17) is 0 Å². The Morgan fingerprint density at radius 3 is 0.617 bits per heavy atom. The minimum atomic E-state index is -2.65. The van der Waals surface area contributed by atoms with Crippen LogP contribution in [-0.4, -0.2) is 16.1 Å². The average Bonchev–Trinajstić information content (AvgIpc) is 1.40. The van der Waals surface area contributed by atoms with Crippen LogP contribution in [0.15, 0.2) is 352 Å². The Balaban J connectivity index is 0.702. The normalized spacial score (nSPS) is 13.5. The SMILES string of the molecule is CC1(C)c2cc(-c3ccc([Si](c4ccccc4)(c4ccccc4)c4ccccc4)cc3)ccc2-c2ccc(-c3c4ccccc4c(-c4ccc5c(c4)C(C)(C)c4cc(-c6ccc([Si](c7ccccc7)(c7ccccc7)c7ccccc7)cc6)ccc4-5)c4ccccc34)cc21. The number of benzene rings is 15. The van der Waals surface area contributed by atoms with Gasteiger partial charge in [0.1, 0.15) is 0 Å². The molecule has 0 atom stereocenters. The molecule has 2 heteroatoms. The third-order valence-electron chi connectivity index (χ3n) is 21.4. The highest BCUT2D eigenvalue weighted by Crippen LogP contribution is 2.54. The average molecular weight is 1230 g/mol. The predicted octanol–water partition coefficient (Wildman–Crippen LogP) is 18.0. The van der Waals surface area contributed by atoms with Crippen molar-refractivity contribution in [3.05, 3.63) is 374 Å². The van der Waals surface area contributed by atoms with Crippen LogP contribution < -0.4 is 41.5 Å². The summed E-state index contributed by atoms with van der Waals surface area (Å²) < 4.78 is 0. The zero-order valence-corrected chi connectivity index (χ0v) is 55.5. The first-order chi connectivity index (χ1) is 46.1. The molecule has 446 valence electrons. The molecule has 2 aliphatic rings. The van der Waals surface area contributed by atoms with Crippen molar-refractivity contribution in [3.63, 3.8) is 0 Å². The second kappa shape index (κ2) is 22.5. The van der Waals surface area contributed by atoms with Crippen LogP contribution in [0.2, 0.25) is 0 Å². The van der Waals surface area contributed by atoms with Crippen molar-refractivity contribution in [1.29, 1.82) is 0 Å². The maximum atomic E-state index is 2.52. The van der Waals surface area contributed by atoms with Gasteiger partial charge >= 0.3 is 0 Å². The molecule has 0 aromatic heterocycles. The quantitative estimate of drug-likeness (QED) is 0.0650. The van der Waals surface area contributed by atoms with E-state index >= 15 is 0 Å². The first-order valence-electron chi connectivity index (χ1n) is 33.2. The van der Waals surface area contributed by atoms with Gasteiger partial charge in [0.2, 0.25) is 0 Å². The fraction of sp³-hybridized carbons (Fsp3) is 0.0652. The maximum Gasteiger partial charge on any atom is 0.179 e. The van der Waals surface area contributed by atoms with Crippen molar-refractivity contribution in [1.82, 2.24) is 0 Å². The van der Waals surface area contributed by atoms with Gasteiger partial charge in [-0.25, -0.2) is 0 Å². The summed E-state index contributed by atoms with van der Waals surface area (Å²) in [5.41, 5.74) is 20.3. The third kappa shape index (κ3) is 8.84. The van der Waals surface area contributed by atoms with Crippen molar-refractivity contribution in [2.24, 2.45) is 0 Å². The van der Waals surface area contributed by atoms with Gasteiger partial charge in [-0.2, -0.15) is 0 Å². The minimum absolute atomic E-state index is 0.236. The molecule has 0 saturated carbocycles. The smallest absolute Gasteiger partial charge is 0.0623 e. The van der Waals surface area contributed by atoms with Crippen molar-refractivity contribution in [2.75, 3.05) is 0 Å². The van der Waals surface area contributed by atoms with Crippen LogP contribution in [-0.2, 0) is 10.8 Å². The fourth-order valence-corrected chi connectivity index (χ4v) is 26.3. The second-order valence-corrected chi connectivity index (χ2v) is 34.6. The van der Waals surface area contributed by atoms with Gasteiger partial charge in [-0.15, -0.1) is 0 Å². The number of hydrogen-bond acceptors (Lipinski definition) is 0. The van der Waals surface area contributed by atoms with Crippen molar-refractivity contribution < 1.29 is 0 Å². The number of fused-ring (bicyclic) bond motifs is 8. The van der Waals surface area contributed by atoms with Gasteiger partial charge in [-0.3, -0.25) is 0 Å². The lowest BCUT2D eigenvalue weighted by molar-refractivity contribution is 0.660. The largest absolute Gasteiger partial charge is 0.179 e. The molecule has 0 radical (unpaired) electrons. The number of hydrogen-bond donors (Lipinski definition) is 0. The summed E-state index contributed by atoms with van der Waals surface area (Å²) in [5.74, 6) is 0. The molecular formula is C92H70Si2. The van der Waals surface area contributed by atoms with Crippen LogP contribution >= 0.6 is 0 Å². The van der Waals surface area contributed by atoms with E-state index in [0.29, 0.717) is 0 Å². The monoisotopic (exact) mass is 1230 g/mol. The summed E-state index contributed by atoms with van der Waals surface area (Å²) in [7, 11) is -5.30. The molecule has 0 N–H and O–H groups in total. The lowest BCUT2D eigenvalue weighted by Gasteiger charge is -2.34. The van der Waals surface area contributed by atoms with Gasteiger partial charge in [0.25, 0.3) is 0 Å². The first kappa shape index (κ1) is 57.2. The van der Waals surface area contributed by atoms with Crippen LogP contribution in [0.1, 0.15) is 49.9 Å². The van der Waals surface area contributed by atoms with Crippen molar-refractivity contribution in [3.8, 4) is 66.8 Å². The van der Waals surface area contributed by atoms with E-state index in [-0.39, 0.29) is 10.8 Å². The minimum Gasteiger partial charge on any atom is -0.0623 e. The predicted molar refractivity (Wildman–Crippen MR) is 406 cm³/mol. The molecule has 0 fully saturated rings. The molecule has 0 nitrogen and oxygen atoms in total. The highest BCUT2D eigenvalue weighted by molar-refractivity contribution is 7.20. The lowest BCUT2D eigenvalue weighted by atomic mass is 9.79. The van der Waals surface area contributed by atoms with Crippen molar-refractivity contribution in [2.45, 2.75) is 38.5 Å². The molecule has 0 amide bonds. The maximum absolute atomic E-state index is 2.65. The Kier molecular flexibility index (Phi) is 13.7. The molecule has 0 spiro atoms. The van der Waals surface area contributed by atoms with E-state index in [1.54, 1.807) is 0 Å². The molecule has 0 saturated heterocycles. The van der Waals surface area contributed by atoms with Crippen LogP contribution in [0, 0.1) is 0 Å². The highest BCUT2D eigenvalue weighted by Gasteiger charge is 2.44. The molecule has 94 heavy (non-hydrogen) atoms. The highest BCUT2D eigenvalue weighted by atomic mass is 28.3. The zero-order chi connectivity index (χ0) is 63.2. The molecule has 15 aromatic carbocycles. The van der Waals surface area contributed by atoms with Gasteiger partial charge in [0.15, 0.2) is 16.1 Å². The molecule has 0 heterocycles. The summed E-state index contributed by atoms with van der Waals surface area (Å²) in [6.45, 7) is 9.70. The van der Waals surface area contributed by atoms with E-state index < -0.39 is 16.1 Å². The Hall–Kier alpha value is -10.7. The van der Waals surface area contributed by atoms with Crippen molar-refractivity contribution >= 4 is 79.2 Å². The van der Waals surface area contributed by atoms with Gasteiger partial charge in [0.05, 0.1) is 0 Å². The zero-order valence-electron chi connectivity index (χ0n) is 53.5. The van der Waals surface area contributed by atoms with E-state index in [9.17, 15) is 0 Å². The Morgan fingerprint density at radius 1 is 0.181 bits per heavy atom. The summed E-state index contributed by atoms with van der Waals surface area (Å²) in [6.07, 6.45) is 0. The summed E-state index contributed by atoms with van der Waals surface area (Å²) in [5, 5.41) is 16.1. The molecule has 15 aromatic rings. The van der Waals surface area contributed by atoms with Gasteiger partial charge < -0.3 is 0 Å².